The lowest BCUT2D eigenvalue weighted by atomic mass is 10.0. The van der Waals surface area contributed by atoms with Crippen LogP contribution in [0.2, 0.25) is 5.02 Å². The molecule has 0 aliphatic heterocycles. The Kier molecular flexibility index (Phi) is 10.2. The second-order valence-electron chi connectivity index (χ2n) is 10.2. The van der Waals surface area contributed by atoms with E-state index in [0.29, 0.717) is 11.1 Å². The molecule has 42 heavy (non-hydrogen) atoms. The molecule has 3 N–H and O–H groups in total. The highest BCUT2D eigenvalue weighted by atomic mass is 79.9. The first-order valence-corrected chi connectivity index (χ1v) is 14.3. The number of nitrogens with one attached hydrogen (secondary N) is 2. The van der Waals surface area contributed by atoms with Crippen LogP contribution in [0.5, 0.6) is 5.75 Å². The zero-order valence-corrected chi connectivity index (χ0v) is 26.0. The molecule has 4 aromatic rings. The van der Waals surface area contributed by atoms with Crippen molar-refractivity contribution in [1.82, 2.24) is 10.5 Å². The van der Waals surface area contributed by atoms with E-state index in [1.165, 1.54) is 60.7 Å². The molecule has 0 radical (unpaired) electrons. The number of quaternary nitrogens is 1. The molecule has 1 atom stereocenters. The normalized spacial score (nSPS) is 12.1. The fourth-order valence-corrected chi connectivity index (χ4v) is 6.30. The topological polar surface area (TPSA) is 108 Å². The van der Waals surface area contributed by atoms with Crippen molar-refractivity contribution in [1.29, 1.82) is 0 Å². The molecule has 4 rings (SSSR count). The molecule has 0 aromatic heterocycles. The standard InChI is InChI=1S/C30H27ClFN3O5S.BrH/c1-30(2,3)35(41(39,40)23-12-8-5-9-13-23)34(29(38)20-10-6-4-7-11-20)33-28(37)24-18-21(15-17-27(24)36)22-14-16-26(32)25(31)19-22;/h4-19,36H,1-3H3,(H,33,37);1H. The van der Waals surface area contributed by atoms with Gasteiger partial charge in [-0.3, -0.25) is 9.59 Å². The SMILES string of the molecule is CC(C)(C)[NH+](N(NC(=O)c1cc(-c2ccc(F)c(Cl)c2)ccc1O)C(=O)c1ccccc1)S(=O)(=O)c1ccccc1.[Br-]. The zero-order valence-electron chi connectivity index (χ0n) is 22.8. The number of halogens is 3. The van der Waals surface area contributed by atoms with Gasteiger partial charge in [0.1, 0.15) is 22.0 Å². The Morgan fingerprint density at radius 3 is 2.00 bits per heavy atom. The van der Waals surface area contributed by atoms with Gasteiger partial charge >= 0.3 is 15.9 Å². The number of hydrazine groups is 1. The molecule has 8 nitrogen and oxygen atoms in total. The van der Waals surface area contributed by atoms with E-state index in [-0.39, 0.29) is 42.4 Å². The molecule has 0 heterocycles. The smallest absolute Gasteiger partial charge is 0.350 e. The molecule has 2 amide bonds. The molecule has 0 saturated heterocycles. The van der Waals surface area contributed by atoms with E-state index in [2.05, 4.69) is 5.43 Å². The van der Waals surface area contributed by atoms with Gasteiger partial charge in [-0.15, -0.1) is 0 Å². The van der Waals surface area contributed by atoms with E-state index in [1.807, 2.05) is 0 Å². The maximum atomic E-state index is 14.0. The Bertz CT molecular complexity index is 1700. The number of benzene rings is 4. The number of nitrogens with zero attached hydrogens (tertiary/aromatic N) is 1. The lowest BCUT2D eigenvalue weighted by Crippen LogP contribution is -3.27. The van der Waals surface area contributed by atoms with Gasteiger partial charge in [0, 0.05) is 5.56 Å². The average molecular weight is 677 g/mol. The third-order valence-corrected chi connectivity index (χ3v) is 8.57. The Labute approximate surface area is 259 Å². The predicted octanol–water partition coefficient (Wildman–Crippen LogP) is 1.63. The summed E-state index contributed by atoms with van der Waals surface area (Å²) in [6, 6.07) is 23.6. The van der Waals surface area contributed by atoms with E-state index in [4.69, 9.17) is 11.6 Å². The van der Waals surface area contributed by atoms with Gasteiger partial charge < -0.3 is 22.1 Å². The first-order valence-electron chi connectivity index (χ1n) is 12.5. The van der Waals surface area contributed by atoms with Crippen LogP contribution in [0, 0.1) is 5.82 Å². The number of rotatable bonds is 6. The minimum Gasteiger partial charge on any atom is -1.00 e. The van der Waals surface area contributed by atoms with Gasteiger partial charge in [0.25, 0.3) is 5.91 Å². The van der Waals surface area contributed by atoms with Crippen molar-refractivity contribution in [3.05, 3.63) is 119 Å². The highest BCUT2D eigenvalue weighted by Gasteiger charge is 2.47. The van der Waals surface area contributed by atoms with E-state index in [1.54, 1.807) is 57.2 Å². The molecule has 1 unspecified atom stereocenters. The monoisotopic (exact) mass is 675 g/mol. The third kappa shape index (κ3) is 6.99. The van der Waals surface area contributed by atoms with Crippen molar-refractivity contribution in [3.63, 3.8) is 0 Å². The van der Waals surface area contributed by atoms with E-state index < -0.39 is 38.9 Å². The number of hydrogen-bond acceptors (Lipinski definition) is 5. The summed E-state index contributed by atoms with van der Waals surface area (Å²) in [6.45, 7) is 4.82. The van der Waals surface area contributed by atoms with E-state index in [9.17, 15) is 27.5 Å². The number of carbonyl (C=O) groups is 2. The van der Waals surface area contributed by atoms with Gasteiger partial charge in [-0.2, -0.15) is 8.42 Å². The van der Waals surface area contributed by atoms with Crippen LogP contribution >= 0.6 is 11.6 Å². The van der Waals surface area contributed by atoms with Crippen LogP contribution in [0.15, 0.2) is 102 Å². The summed E-state index contributed by atoms with van der Waals surface area (Å²) < 4.78 is 41.3. The summed E-state index contributed by atoms with van der Waals surface area (Å²) >= 11 is 5.92. The molecule has 0 spiro atoms. The highest BCUT2D eigenvalue weighted by molar-refractivity contribution is 7.85. The second-order valence-corrected chi connectivity index (χ2v) is 12.5. The van der Waals surface area contributed by atoms with E-state index >= 15 is 0 Å². The van der Waals surface area contributed by atoms with Gasteiger partial charge in [0.15, 0.2) is 0 Å². The third-order valence-electron chi connectivity index (χ3n) is 6.08. The summed E-state index contributed by atoms with van der Waals surface area (Å²) in [6.07, 6.45) is 0. The second kappa shape index (κ2) is 13.0. The maximum Gasteiger partial charge on any atom is 0.350 e. The van der Waals surface area contributed by atoms with Crippen LogP contribution in [0.4, 0.5) is 4.39 Å². The number of aromatic hydroxyl groups is 1. The summed E-state index contributed by atoms with van der Waals surface area (Å²) in [5.41, 5.74) is 2.03. The van der Waals surface area contributed by atoms with Crippen molar-refractivity contribution >= 4 is 33.4 Å². The van der Waals surface area contributed by atoms with Gasteiger partial charge in [-0.05, 0) is 80.4 Å². The molecule has 0 aliphatic rings. The lowest BCUT2D eigenvalue weighted by molar-refractivity contribution is -0.937. The van der Waals surface area contributed by atoms with Crippen LogP contribution < -0.4 is 26.8 Å². The van der Waals surface area contributed by atoms with Crippen molar-refractivity contribution in [2.24, 2.45) is 0 Å². The Morgan fingerprint density at radius 1 is 0.881 bits per heavy atom. The van der Waals surface area contributed by atoms with Crippen molar-refractivity contribution < 1.29 is 48.9 Å². The first kappa shape index (κ1) is 32.7. The number of sulfonamides is 1. The molecule has 12 heteroatoms. The number of hydrogen-bond donors (Lipinski definition) is 3. The van der Waals surface area contributed by atoms with Gasteiger partial charge in [0.05, 0.1) is 10.6 Å². The maximum absolute atomic E-state index is 14.0. The molecular formula is C30H28BrClFN3O5S. The van der Waals surface area contributed by atoms with Gasteiger partial charge in [-0.1, -0.05) is 69.7 Å². The molecule has 0 bridgehead atoms. The molecule has 4 aromatic carbocycles. The van der Waals surface area contributed by atoms with Gasteiger partial charge in [-0.25, -0.2) is 9.82 Å². The van der Waals surface area contributed by atoms with Crippen LogP contribution in [-0.4, -0.2) is 36.0 Å². The number of phenols is 1. The summed E-state index contributed by atoms with van der Waals surface area (Å²) in [4.78, 5) is 27.4. The summed E-state index contributed by atoms with van der Waals surface area (Å²) in [7, 11) is -4.31. The summed E-state index contributed by atoms with van der Waals surface area (Å²) in [5.74, 6) is -2.79. The van der Waals surface area contributed by atoms with Crippen molar-refractivity contribution in [3.8, 4) is 16.9 Å². The average Bonchev–Trinajstić information content (AvgIpc) is 2.94. The van der Waals surface area contributed by atoms with Crippen molar-refractivity contribution in [2.75, 3.05) is 0 Å². The molecule has 220 valence electrons. The van der Waals surface area contributed by atoms with Crippen LogP contribution in [0.1, 0.15) is 41.5 Å². The predicted molar refractivity (Wildman–Crippen MR) is 153 cm³/mol. The summed E-state index contributed by atoms with van der Waals surface area (Å²) in [5, 5.41) is 11.2. The number of phenolic OH excluding ortho intramolecular Hbond substituents is 1. The molecule has 0 saturated carbocycles. The molecular weight excluding hydrogens is 649 g/mol. The molecule has 0 aliphatic carbocycles. The fraction of sp³-hybridized carbons (Fsp3) is 0.133. The van der Waals surface area contributed by atoms with Gasteiger partial charge in [0.2, 0.25) is 0 Å². The zero-order chi connectivity index (χ0) is 29.9. The van der Waals surface area contributed by atoms with Crippen molar-refractivity contribution in [2.45, 2.75) is 31.2 Å². The van der Waals surface area contributed by atoms with E-state index in [0.717, 1.165) is 5.12 Å². The van der Waals surface area contributed by atoms with Crippen LogP contribution in [0.25, 0.3) is 11.1 Å². The number of amides is 2. The Hall–Kier alpha value is -3.77. The minimum absolute atomic E-state index is 0. The van der Waals surface area contributed by atoms with Crippen LogP contribution in [0.3, 0.4) is 0 Å². The number of carbonyl (C=O) groups excluding carboxylic acids is 2. The van der Waals surface area contributed by atoms with Crippen LogP contribution in [-0.2, 0) is 10.0 Å². The fourth-order valence-electron chi connectivity index (χ4n) is 4.21. The largest absolute Gasteiger partial charge is 1.00 e. The quantitative estimate of drug-likeness (QED) is 0.269. The first-order chi connectivity index (χ1) is 19.3. The Balaban J connectivity index is 0.00000484. The highest BCUT2D eigenvalue weighted by Crippen LogP contribution is 2.29. The lowest BCUT2D eigenvalue weighted by Gasteiger charge is -2.37. The molecule has 0 fully saturated rings. The Morgan fingerprint density at radius 2 is 1.43 bits per heavy atom. The minimum atomic E-state index is -4.31.